The van der Waals surface area contributed by atoms with Gasteiger partial charge in [0.05, 0.1) is 11.9 Å². The average molecular weight is 379 g/mol. The van der Waals surface area contributed by atoms with E-state index in [0.717, 1.165) is 31.6 Å². The Morgan fingerprint density at radius 2 is 1.85 bits per heavy atom. The summed E-state index contributed by atoms with van der Waals surface area (Å²) in [5.74, 6) is -0.0313. The molecule has 1 aliphatic heterocycles. The third-order valence-electron chi connectivity index (χ3n) is 4.75. The van der Waals surface area contributed by atoms with Gasteiger partial charge < -0.3 is 4.90 Å². The summed E-state index contributed by atoms with van der Waals surface area (Å²) < 4.78 is 1.65. The number of amides is 1. The third kappa shape index (κ3) is 4.22. The van der Waals surface area contributed by atoms with E-state index in [4.69, 9.17) is 0 Å². The van der Waals surface area contributed by atoms with Crippen molar-refractivity contribution in [3.8, 4) is 5.69 Å². The van der Waals surface area contributed by atoms with Gasteiger partial charge in [-0.25, -0.2) is 4.68 Å². The van der Waals surface area contributed by atoms with Crippen LogP contribution in [0.2, 0.25) is 0 Å². The molecule has 0 N–H and O–H groups in total. The second-order valence-corrected chi connectivity index (χ2v) is 8.18. The van der Waals surface area contributed by atoms with Crippen molar-refractivity contribution in [1.29, 1.82) is 0 Å². The highest BCUT2D eigenvalue weighted by atomic mass is 32.2. The maximum atomic E-state index is 12.8. The molecule has 1 saturated heterocycles. The summed E-state index contributed by atoms with van der Waals surface area (Å²) in [6, 6.07) is 18.3. The number of hydrogen-bond donors (Lipinski definition) is 0. The minimum absolute atomic E-state index is 0.0313. The molecule has 5 nitrogen and oxygen atoms in total. The summed E-state index contributed by atoms with van der Waals surface area (Å²) >= 11 is 1.92. The van der Waals surface area contributed by atoms with Gasteiger partial charge in [0.25, 0.3) is 5.91 Å². The van der Waals surface area contributed by atoms with Gasteiger partial charge in [-0.15, -0.1) is 16.9 Å². The van der Waals surface area contributed by atoms with Gasteiger partial charge in [0.2, 0.25) is 0 Å². The van der Waals surface area contributed by atoms with Crippen LogP contribution in [0.3, 0.4) is 0 Å². The maximum Gasteiger partial charge on any atom is 0.276 e. The lowest BCUT2D eigenvalue weighted by molar-refractivity contribution is 0.0721. The number of thioether (sulfide) groups is 1. The zero-order chi connectivity index (χ0) is 18.6. The van der Waals surface area contributed by atoms with E-state index in [-0.39, 0.29) is 5.91 Å². The van der Waals surface area contributed by atoms with Crippen LogP contribution in [0.1, 0.15) is 28.9 Å². The molecule has 0 spiro atoms. The summed E-state index contributed by atoms with van der Waals surface area (Å²) in [6.07, 6.45) is 3.71. The van der Waals surface area contributed by atoms with E-state index in [2.05, 4.69) is 41.5 Å². The lowest BCUT2D eigenvalue weighted by Crippen LogP contribution is -2.39. The number of likely N-dealkylation sites (tertiary alicyclic amines) is 1. The molecule has 1 amide bonds. The van der Waals surface area contributed by atoms with E-state index >= 15 is 0 Å². The first-order chi connectivity index (χ1) is 13.2. The van der Waals surface area contributed by atoms with Crippen LogP contribution < -0.4 is 0 Å². The van der Waals surface area contributed by atoms with Crippen molar-refractivity contribution < 1.29 is 4.79 Å². The van der Waals surface area contributed by atoms with Crippen molar-refractivity contribution >= 4 is 17.7 Å². The summed E-state index contributed by atoms with van der Waals surface area (Å²) in [7, 11) is 0. The lowest BCUT2D eigenvalue weighted by atomic mass is 10.1. The first kappa shape index (κ1) is 17.8. The molecule has 0 unspecified atom stereocenters. The number of carbonyl (C=O) groups excluding carboxylic acids is 1. The van der Waals surface area contributed by atoms with Crippen LogP contribution in [0.4, 0.5) is 0 Å². The van der Waals surface area contributed by atoms with Gasteiger partial charge in [-0.2, -0.15) is 0 Å². The highest BCUT2D eigenvalue weighted by Gasteiger charge is 2.26. The molecular weight excluding hydrogens is 356 g/mol. The molecule has 0 bridgehead atoms. The molecule has 3 aromatic rings. The van der Waals surface area contributed by atoms with Crippen LogP contribution in [-0.2, 0) is 0 Å². The van der Waals surface area contributed by atoms with Gasteiger partial charge in [0.1, 0.15) is 0 Å². The predicted octanol–water partition coefficient (Wildman–Crippen LogP) is 3.97. The Labute approximate surface area is 163 Å². The smallest absolute Gasteiger partial charge is 0.276 e. The quantitative estimate of drug-likeness (QED) is 0.689. The fourth-order valence-corrected chi connectivity index (χ4v) is 4.53. The third-order valence-corrected chi connectivity index (χ3v) is 6.09. The molecule has 0 aliphatic carbocycles. The molecule has 2 heterocycles. The Kier molecular flexibility index (Phi) is 5.25. The zero-order valence-electron chi connectivity index (χ0n) is 15.3. The minimum Gasteiger partial charge on any atom is -0.337 e. The van der Waals surface area contributed by atoms with Crippen LogP contribution in [0.25, 0.3) is 5.69 Å². The largest absolute Gasteiger partial charge is 0.337 e. The van der Waals surface area contributed by atoms with Gasteiger partial charge in [-0.3, -0.25) is 4.79 Å². The normalized spacial score (nSPS) is 15.1. The molecule has 138 valence electrons. The Bertz CT molecular complexity index is 917. The SMILES string of the molecule is Cc1cccc(SC2CCN(C(=O)c3cn(-c4ccccc4)nn3)CC2)c1. The highest BCUT2D eigenvalue weighted by Crippen LogP contribution is 2.31. The Morgan fingerprint density at radius 3 is 2.59 bits per heavy atom. The molecule has 4 rings (SSSR count). The van der Waals surface area contributed by atoms with E-state index in [1.54, 1.807) is 10.9 Å². The second-order valence-electron chi connectivity index (χ2n) is 6.81. The van der Waals surface area contributed by atoms with Gasteiger partial charge in [0, 0.05) is 23.2 Å². The lowest BCUT2D eigenvalue weighted by Gasteiger charge is -2.31. The number of para-hydroxylation sites is 1. The molecule has 1 aliphatic rings. The zero-order valence-corrected chi connectivity index (χ0v) is 16.1. The fourth-order valence-electron chi connectivity index (χ4n) is 3.29. The number of rotatable bonds is 4. The van der Waals surface area contributed by atoms with Crippen molar-refractivity contribution in [3.63, 3.8) is 0 Å². The van der Waals surface area contributed by atoms with E-state index in [0.29, 0.717) is 10.9 Å². The molecule has 0 atom stereocenters. The maximum absolute atomic E-state index is 12.8. The number of benzene rings is 2. The van der Waals surface area contributed by atoms with Crippen LogP contribution >= 0.6 is 11.8 Å². The number of hydrogen-bond acceptors (Lipinski definition) is 4. The van der Waals surface area contributed by atoms with Crippen LogP contribution in [0.15, 0.2) is 65.7 Å². The molecule has 27 heavy (non-hydrogen) atoms. The monoisotopic (exact) mass is 378 g/mol. The number of nitrogens with zero attached hydrogens (tertiary/aromatic N) is 4. The highest BCUT2D eigenvalue weighted by molar-refractivity contribution is 8.00. The Hall–Kier alpha value is -2.60. The summed E-state index contributed by atoms with van der Waals surface area (Å²) in [5.41, 5.74) is 2.59. The standard InChI is InChI=1S/C21H22N4OS/c1-16-6-5-9-19(14-16)27-18-10-12-24(13-11-18)21(26)20-15-25(23-22-20)17-7-3-2-4-8-17/h2-9,14-15,18H,10-13H2,1H3. The Balaban J connectivity index is 1.35. The summed E-state index contributed by atoms with van der Waals surface area (Å²) in [4.78, 5) is 16.0. The van der Waals surface area contributed by atoms with Gasteiger partial charge >= 0.3 is 0 Å². The first-order valence-electron chi connectivity index (χ1n) is 9.19. The van der Waals surface area contributed by atoms with Crippen molar-refractivity contribution in [1.82, 2.24) is 19.9 Å². The average Bonchev–Trinajstić information content (AvgIpc) is 3.19. The first-order valence-corrected chi connectivity index (χ1v) is 10.1. The molecule has 1 aromatic heterocycles. The molecule has 2 aromatic carbocycles. The number of aryl methyl sites for hydroxylation is 1. The van der Waals surface area contributed by atoms with E-state index < -0.39 is 0 Å². The van der Waals surface area contributed by atoms with Crippen molar-refractivity contribution in [3.05, 3.63) is 72.1 Å². The van der Waals surface area contributed by atoms with Crippen molar-refractivity contribution in [2.45, 2.75) is 29.9 Å². The number of carbonyl (C=O) groups is 1. The van der Waals surface area contributed by atoms with Gasteiger partial charge in [-0.05, 0) is 44.0 Å². The van der Waals surface area contributed by atoms with Gasteiger partial charge in [-0.1, -0.05) is 41.1 Å². The minimum atomic E-state index is -0.0313. The van der Waals surface area contributed by atoms with E-state index in [9.17, 15) is 4.79 Å². The molecule has 0 radical (unpaired) electrons. The molecule has 6 heteroatoms. The summed E-state index contributed by atoms with van der Waals surface area (Å²) in [6.45, 7) is 3.65. The second kappa shape index (κ2) is 7.96. The number of piperidine rings is 1. The topological polar surface area (TPSA) is 51.0 Å². The Morgan fingerprint density at radius 1 is 1.07 bits per heavy atom. The molecule has 1 fully saturated rings. The number of aromatic nitrogens is 3. The van der Waals surface area contributed by atoms with Crippen LogP contribution in [0, 0.1) is 6.92 Å². The van der Waals surface area contributed by atoms with Crippen molar-refractivity contribution in [2.24, 2.45) is 0 Å². The van der Waals surface area contributed by atoms with Gasteiger partial charge in [0.15, 0.2) is 5.69 Å². The van der Waals surface area contributed by atoms with E-state index in [1.165, 1.54) is 10.5 Å². The van der Waals surface area contributed by atoms with Crippen LogP contribution in [0.5, 0.6) is 0 Å². The van der Waals surface area contributed by atoms with Crippen LogP contribution in [-0.4, -0.2) is 44.1 Å². The molecule has 0 saturated carbocycles. The summed E-state index contributed by atoms with van der Waals surface area (Å²) in [5, 5.41) is 8.73. The fraction of sp³-hybridized carbons (Fsp3) is 0.286. The predicted molar refractivity (Wildman–Crippen MR) is 107 cm³/mol. The molecular formula is C21H22N4OS. The van der Waals surface area contributed by atoms with E-state index in [1.807, 2.05) is 47.0 Å². The van der Waals surface area contributed by atoms with Crippen molar-refractivity contribution in [2.75, 3.05) is 13.1 Å².